The van der Waals surface area contributed by atoms with Gasteiger partial charge in [-0.25, -0.2) is 9.37 Å². The van der Waals surface area contributed by atoms with Crippen molar-refractivity contribution in [1.82, 2.24) is 20.6 Å². The molecule has 0 aliphatic rings. The van der Waals surface area contributed by atoms with Crippen molar-refractivity contribution in [3.63, 3.8) is 0 Å². The van der Waals surface area contributed by atoms with E-state index in [-0.39, 0.29) is 22.0 Å². The van der Waals surface area contributed by atoms with Gasteiger partial charge < -0.3 is 26.3 Å². The lowest BCUT2D eigenvalue weighted by atomic mass is 10.2. The van der Waals surface area contributed by atoms with Crippen LogP contribution in [0.3, 0.4) is 0 Å². The molecule has 0 aliphatic carbocycles. The summed E-state index contributed by atoms with van der Waals surface area (Å²) in [5, 5.41) is 10.9. The van der Waals surface area contributed by atoms with E-state index in [9.17, 15) is 18.8 Å². The average Bonchev–Trinajstić information content (AvgIpc) is 3.25. The zero-order chi connectivity index (χ0) is 23.1. The summed E-state index contributed by atoms with van der Waals surface area (Å²) in [5.41, 5.74) is 1.01. The molecule has 1 heterocycles. The number of nitrogens with zero attached hydrogens (tertiary/aromatic N) is 1. The summed E-state index contributed by atoms with van der Waals surface area (Å²) in [4.78, 5) is 43.7. The number of aromatic amines is 1. The van der Waals surface area contributed by atoms with Crippen molar-refractivity contribution in [3.8, 4) is 0 Å². The minimum absolute atomic E-state index is 0.00353. The molecule has 3 rings (SSSR count). The number of imidazole rings is 1. The minimum atomic E-state index is -0.570. The van der Waals surface area contributed by atoms with Crippen LogP contribution in [-0.2, 0) is 0 Å². The maximum atomic E-state index is 13.1. The predicted octanol–water partition coefficient (Wildman–Crippen LogP) is 2.66. The molecule has 0 fully saturated rings. The van der Waals surface area contributed by atoms with E-state index in [1.165, 1.54) is 12.4 Å². The Kier molecular flexibility index (Phi) is 7.53. The number of hydrogen-bond acceptors (Lipinski definition) is 5. The summed E-state index contributed by atoms with van der Waals surface area (Å²) >= 11 is 5.90. The molecule has 9 nitrogen and oxygen atoms in total. The van der Waals surface area contributed by atoms with Crippen molar-refractivity contribution < 1.29 is 18.8 Å². The zero-order valence-electron chi connectivity index (χ0n) is 17.0. The second-order valence-corrected chi connectivity index (χ2v) is 7.00. The summed E-state index contributed by atoms with van der Waals surface area (Å²) in [5.74, 6) is -2.06. The topological polar surface area (TPSA) is 128 Å². The van der Waals surface area contributed by atoms with Crippen molar-refractivity contribution in [2.75, 3.05) is 30.8 Å². The first-order chi connectivity index (χ1) is 15.4. The number of hydrogen-bond donors (Lipinski definition) is 5. The summed E-state index contributed by atoms with van der Waals surface area (Å²) < 4.78 is 13.1. The zero-order valence-corrected chi connectivity index (χ0v) is 17.7. The third-order valence-electron chi connectivity index (χ3n) is 4.32. The van der Waals surface area contributed by atoms with Gasteiger partial charge in [0.15, 0.2) is 5.69 Å². The van der Waals surface area contributed by atoms with Gasteiger partial charge in [0.25, 0.3) is 17.7 Å². The number of rotatable bonds is 8. The molecule has 32 heavy (non-hydrogen) atoms. The molecular formula is C21H20ClFN6O3. The van der Waals surface area contributed by atoms with Gasteiger partial charge in [-0.1, -0.05) is 11.6 Å². The fraction of sp³-hybridized carbons (Fsp3) is 0.143. The average molecular weight is 459 g/mol. The Labute approximate surface area is 187 Å². The Morgan fingerprint density at radius 1 is 0.969 bits per heavy atom. The van der Waals surface area contributed by atoms with Gasteiger partial charge in [0.1, 0.15) is 11.5 Å². The van der Waals surface area contributed by atoms with E-state index in [4.69, 9.17) is 11.6 Å². The number of benzene rings is 2. The molecule has 0 aliphatic heterocycles. The van der Waals surface area contributed by atoms with Gasteiger partial charge >= 0.3 is 0 Å². The van der Waals surface area contributed by atoms with Crippen LogP contribution < -0.4 is 21.3 Å². The van der Waals surface area contributed by atoms with Gasteiger partial charge in [0.2, 0.25) is 0 Å². The van der Waals surface area contributed by atoms with Crippen LogP contribution in [-0.4, -0.2) is 47.8 Å². The summed E-state index contributed by atoms with van der Waals surface area (Å²) in [6.07, 6.45) is 1.26. The molecule has 1 aromatic heterocycles. The fourth-order valence-electron chi connectivity index (χ4n) is 2.73. The molecule has 3 aromatic rings. The Balaban J connectivity index is 1.62. The molecule has 0 atom stereocenters. The first-order valence-electron chi connectivity index (χ1n) is 9.53. The molecule has 3 amide bonds. The maximum Gasteiger partial charge on any atom is 0.276 e. The third kappa shape index (κ3) is 5.68. The number of halogens is 2. The van der Waals surface area contributed by atoms with E-state index in [0.717, 1.165) is 12.1 Å². The smallest absolute Gasteiger partial charge is 0.276 e. The largest absolute Gasteiger partial charge is 0.349 e. The lowest BCUT2D eigenvalue weighted by molar-refractivity contribution is 0.0935. The summed E-state index contributed by atoms with van der Waals surface area (Å²) in [6, 6.07) is 9.76. The maximum absolute atomic E-state index is 13.1. The van der Waals surface area contributed by atoms with Gasteiger partial charge in [0, 0.05) is 24.5 Å². The number of carbonyl (C=O) groups excluding carboxylic acids is 3. The van der Waals surface area contributed by atoms with Gasteiger partial charge in [-0.15, -0.1) is 0 Å². The van der Waals surface area contributed by atoms with Crippen LogP contribution in [0.4, 0.5) is 15.8 Å². The van der Waals surface area contributed by atoms with Gasteiger partial charge in [0.05, 0.1) is 16.9 Å². The minimum Gasteiger partial charge on any atom is -0.349 e. The fourth-order valence-corrected chi connectivity index (χ4v) is 2.98. The molecule has 166 valence electrons. The van der Waals surface area contributed by atoms with E-state index in [0.29, 0.717) is 24.5 Å². The van der Waals surface area contributed by atoms with Crippen LogP contribution in [0.5, 0.6) is 0 Å². The van der Waals surface area contributed by atoms with Crippen LogP contribution in [0.1, 0.15) is 31.3 Å². The molecule has 0 saturated carbocycles. The Bertz CT molecular complexity index is 1130. The van der Waals surface area contributed by atoms with Crippen LogP contribution >= 0.6 is 11.6 Å². The SMILES string of the molecule is CNCCNC(=O)c1[nH]cnc1C(=O)Nc1ccc(NC(=O)c2ccc(F)cc2Cl)cc1. The normalized spacial score (nSPS) is 10.5. The highest BCUT2D eigenvalue weighted by molar-refractivity contribution is 6.34. The molecular weight excluding hydrogens is 439 g/mol. The molecule has 5 N–H and O–H groups in total. The second kappa shape index (κ2) is 10.5. The number of likely N-dealkylation sites (N-methyl/N-ethyl adjacent to an activating group) is 1. The van der Waals surface area contributed by atoms with Crippen molar-refractivity contribution in [1.29, 1.82) is 0 Å². The number of nitrogens with one attached hydrogen (secondary N) is 5. The Morgan fingerprint density at radius 2 is 1.62 bits per heavy atom. The predicted molar refractivity (Wildman–Crippen MR) is 119 cm³/mol. The monoisotopic (exact) mass is 458 g/mol. The standard InChI is InChI=1S/C21H20ClFN6O3/c1-24-8-9-25-20(31)17-18(27-11-26-17)21(32)29-14-5-3-13(4-6-14)28-19(30)15-7-2-12(23)10-16(15)22/h2-7,10-11,24H,8-9H2,1H3,(H,25,31)(H,26,27)(H,28,30)(H,29,32). The van der Waals surface area contributed by atoms with Crippen molar-refractivity contribution in [2.24, 2.45) is 0 Å². The molecule has 0 bridgehead atoms. The lowest BCUT2D eigenvalue weighted by Gasteiger charge is -2.09. The van der Waals surface area contributed by atoms with Gasteiger partial charge in [-0.3, -0.25) is 14.4 Å². The van der Waals surface area contributed by atoms with Crippen LogP contribution in [0.25, 0.3) is 0 Å². The van der Waals surface area contributed by atoms with Crippen LogP contribution in [0.15, 0.2) is 48.8 Å². The van der Waals surface area contributed by atoms with Crippen LogP contribution in [0, 0.1) is 5.82 Å². The van der Waals surface area contributed by atoms with Gasteiger partial charge in [-0.05, 0) is 49.5 Å². The molecule has 0 spiro atoms. The van der Waals surface area contributed by atoms with E-state index < -0.39 is 23.5 Å². The molecule has 0 saturated heterocycles. The van der Waals surface area contributed by atoms with E-state index in [2.05, 4.69) is 31.2 Å². The quantitative estimate of drug-likeness (QED) is 0.331. The van der Waals surface area contributed by atoms with E-state index >= 15 is 0 Å². The molecule has 0 radical (unpaired) electrons. The summed E-state index contributed by atoms with van der Waals surface area (Å²) in [7, 11) is 1.76. The highest BCUT2D eigenvalue weighted by Crippen LogP contribution is 2.20. The van der Waals surface area contributed by atoms with Crippen molar-refractivity contribution in [2.45, 2.75) is 0 Å². The second-order valence-electron chi connectivity index (χ2n) is 6.60. The van der Waals surface area contributed by atoms with Gasteiger partial charge in [-0.2, -0.15) is 0 Å². The summed E-state index contributed by atoms with van der Waals surface area (Å²) in [6.45, 7) is 0.976. The Morgan fingerprint density at radius 3 is 2.25 bits per heavy atom. The van der Waals surface area contributed by atoms with E-state index in [1.54, 1.807) is 31.3 Å². The number of amides is 3. The Hall–Kier alpha value is -3.76. The van der Waals surface area contributed by atoms with Crippen molar-refractivity contribution in [3.05, 3.63) is 76.6 Å². The lowest BCUT2D eigenvalue weighted by Crippen LogP contribution is -2.32. The number of aromatic nitrogens is 2. The highest BCUT2D eigenvalue weighted by atomic mass is 35.5. The molecule has 2 aromatic carbocycles. The highest BCUT2D eigenvalue weighted by Gasteiger charge is 2.20. The van der Waals surface area contributed by atoms with E-state index in [1.807, 2.05) is 0 Å². The number of anilines is 2. The first-order valence-corrected chi connectivity index (χ1v) is 9.91. The number of H-pyrrole nitrogens is 1. The number of carbonyl (C=O) groups is 3. The third-order valence-corrected chi connectivity index (χ3v) is 4.63. The van der Waals surface area contributed by atoms with Crippen molar-refractivity contribution >= 4 is 40.7 Å². The molecule has 11 heteroatoms. The molecule has 0 unspecified atom stereocenters. The first kappa shape index (κ1) is 22.9. The van der Waals surface area contributed by atoms with Crippen LogP contribution in [0.2, 0.25) is 5.02 Å².